The zero-order chi connectivity index (χ0) is 18.4. The molecule has 0 spiro atoms. The smallest absolute Gasteiger partial charge is 0.228 e. The molecular formula is C19H31ClN2O4. The van der Waals surface area contributed by atoms with Crippen molar-refractivity contribution in [3.63, 3.8) is 0 Å². The number of hydrogen-bond acceptors (Lipinski definition) is 5. The Morgan fingerprint density at radius 2 is 1.92 bits per heavy atom. The van der Waals surface area contributed by atoms with Crippen molar-refractivity contribution in [3.8, 4) is 11.5 Å². The molecule has 148 valence electrons. The normalized spacial score (nSPS) is 17.2. The van der Waals surface area contributed by atoms with Crippen LogP contribution in [0, 0.1) is 5.41 Å². The Labute approximate surface area is 162 Å². The Morgan fingerprint density at radius 1 is 1.27 bits per heavy atom. The van der Waals surface area contributed by atoms with Crippen molar-refractivity contribution in [2.45, 2.75) is 45.8 Å². The van der Waals surface area contributed by atoms with Gasteiger partial charge in [0.2, 0.25) is 5.91 Å². The first kappa shape index (κ1) is 22.5. The van der Waals surface area contributed by atoms with Gasteiger partial charge in [0.25, 0.3) is 0 Å². The van der Waals surface area contributed by atoms with Gasteiger partial charge in [0.1, 0.15) is 0 Å². The van der Waals surface area contributed by atoms with Crippen LogP contribution in [0.3, 0.4) is 0 Å². The number of halogens is 1. The molecule has 1 amide bonds. The van der Waals surface area contributed by atoms with E-state index >= 15 is 0 Å². The Bertz CT molecular complexity index is 589. The Kier molecular flexibility index (Phi) is 8.67. The number of ether oxygens (including phenoxy) is 3. The average molecular weight is 387 g/mol. The van der Waals surface area contributed by atoms with E-state index in [4.69, 9.17) is 19.9 Å². The van der Waals surface area contributed by atoms with E-state index < -0.39 is 5.41 Å². The number of nitrogens with two attached hydrogens (primary N) is 1. The molecule has 1 aromatic rings. The molecule has 26 heavy (non-hydrogen) atoms. The number of hydrogen-bond donors (Lipinski definition) is 2. The lowest BCUT2D eigenvalue weighted by molar-refractivity contribution is -0.136. The highest BCUT2D eigenvalue weighted by Gasteiger charge is 2.39. The van der Waals surface area contributed by atoms with E-state index in [0.29, 0.717) is 44.1 Å². The molecule has 1 unspecified atom stereocenters. The Hall–Kier alpha value is -1.50. The van der Waals surface area contributed by atoms with Crippen LogP contribution < -0.4 is 20.5 Å². The van der Waals surface area contributed by atoms with Crippen LogP contribution in [0.2, 0.25) is 0 Å². The molecule has 7 heteroatoms. The third-order valence-electron chi connectivity index (χ3n) is 4.72. The fourth-order valence-corrected chi connectivity index (χ4v) is 3.02. The summed E-state index contributed by atoms with van der Waals surface area (Å²) >= 11 is 0. The molecule has 0 bridgehead atoms. The monoisotopic (exact) mass is 386 g/mol. The van der Waals surface area contributed by atoms with Gasteiger partial charge in [-0.05, 0) is 51.3 Å². The molecule has 6 nitrogen and oxygen atoms in total. The predicted molar refractivity (Wildman–Crippen MR) is 104 cm³/mol. The van der Waals surface area contributed by atoms with Crippen molar-refractivity contribution in [1.82, 2.24) is 5.32 Å². The minimum absolute atomic E-state index is 0. The first-order chi connectivity index (χ1) is 11.9. The second-order valence-corrected chi connectivity index (χ2v) is 6.87. The van der Waals surface area contributed by atoms with Gasteiger partial charge in [-0.2, -0.15) is 0 Å². The van der Waals surface area contributed by atoms with E-state index in [-0.39, 0.29) is 30.5 Å². The summed E-state index contributed by atoms with van der Waals surface area (Å²) in [7, 11) is 1.61. The quantitative estimate of drug-likeness (QED) is 0.752. The van der Waals surface area contributed by atoms with Gasteiger partial charge in [-0.25, -0.2) is 0 Å². The molecule has 1 heterocycles. The van der Waals surface area contributed by atoms with E-state index in [0.717, 1.165) is 5.56 Å². The van der Waals surface area contributed by atoms with Crippen LogP contribution in [0.1, 0.15) is 45.2 Å². The second kappa shape index (κ2) is 10.00. The lowest BCUT2D eigenvalue weighted by atomic mass is 9.79. The van der Waals surface area contributed by atoms with Crippen LogP contribution >= 0.6 is 12.4 Å². The largest absolute Gasteiger partial charge is 0.493 e. The van der Waals surface area contributed by atoms with Gasteiger partial charge in [0.05, 0.1) is 24.7 Å². The first-order valence-corrected chi connectivity index (χ1v) is 8.85. The summed E-state index contributed by atoms with van der Waals surface area (Å²) in [6, 6.07) is 5.58. The molecule has 1 aromatic carbocycles. The van der Waals surface area contributed by atoms with Gasteiger partial charge < -0.3 is 25.3 Å². The summed E-state index contributed by atoms with van der Waals surface area (Å²) in [5.74, 6) is 1.35. The molecule has 3 N–H and O–H groups in total. The van der Waals surface area contributed by atoms with Crippen molar-refractivity contribution >= 4 is 18.3 Å². The molecular weight excluding hydrogens is 356 g/mol. The number of benzene rings is 1. The van der Waals surface area contributed by atoms with Crippen molar-refractivity contribution in [1.29, 1.82) is 0 Å². The van der Waals surface area contributed by atoms with Gasteiger partial charge in [-0.15, -0.1) is 12.4 Å². The Morgan fingerprint density at radius 3 is 2.46 bits per heavy atom. The topological polar surface area (TPSA) is 82.8 Å². The fourth-order valence-electron chi connectivity index (χ4n) is 3.02. The zero-order valence-electron chi connectivity index (χ0n) is 16.0. The molecule has 1 aliphatic heterocycles. The van der Waals surface area contributed by atoms with E-state index in [2.05, 4.69) is 5.32 Å². The summed E-state index contributed by atoms with van der Waals surface area (Å²) in [5.41, 5.74) is 6.34. The number of carbonyl (C=O) groups excluding carboxylic acids is 1. The summed E-state index contributed by atoms with van der Waals surface area (Å²) < 4.78 is 16.5. The highest BCUT2D eigenvalue weighted by Crippen LogP contribution is 2.33. The zero-order valence-corrected chi connectivity index (χ0v) is 16.9. The average Bonchev–Trinajstić information content (AvgIpc) is 2.61. The first-order valence-electron chi connectivity index (χ1n) is 8.85. The predicted octanol–water partition coefficient (Wildman–Crippen LogP) is 2.84. The molecule has 2 rings (SSSR count). The van der Waals surface area contributed by atoms with Gasteiger partial charge in [-0.1, -0.05) is 6.07 Å². The lowest BCUT2D eigenvalue weighted by Gasteiger charge is -2.35. The van der Waals surface area contributed by atoms with Crippen molar-refractivity contribution in [3.05, 3.63) is 23.8 Å². The molecule has 1 atom stereocenters. The molecule has 0 saturated carbocycles. The number of nitrogens with one attached hydrogen (secondary N) is 1. The van der Waals surface area contributed by atoms with Crippen molar-refractivity contribution in [2.75, 3.05) is 26.9 Å². The summed E-state index contributed by atoms with van der Waals surface area (Å²) in [6.07, 6.45) is 1.38. The summed E-state index contributed by atoms with van der Waals surface area (Å²) in [5, 5.41) is 3.10. The van der Waals surface area contributed by atoms with E-state index in [9.17, 15) is 4.79 Å². The maximum absolute atomic E-state index is 12.8. The number of methoxy groups -OCH3 is 1. The fraction of sp³-hybridized carbons (Fsp3) is 0.632. The highest BCUT2D eigenvalue weighted by atomic mass is 35.5. The van der Waals surface area contributed by atoms with E-state index in [1.807, 2.05) is 39.0 Å². The van der Waals surface area contributed by atoms with Crippen LogP contribution in [-0.4, -0.2) is 38.9 Å². The number of amides is 1. The minimum atomic E-state index is -0.530. The van der Waals surface area contributed by atoms with E-state index in [1.165, 1.54) is 0 Å². The Balaban J connectivity index is 0.00000338. The standard InChI is InChI=1S/C19H30N2O4.ClH/c1-13(2)25-16-6-5-15(11-17(16)23-4)14(3)21-18(22)19(12-20)7-9-24-10-8-19;/h5-6,11,13-14H,7-10,12,20H2,1-4H3,(H,21,22);1H. The van der Waals surface area contributed by atoms with Gasteiger partial charge in [-0.3, -0.25) is 4.79 Å². The SMILES string of the molecule is COc1cc(C(C)NC(=O)C2(CN)CCOCC2)ccc1OC(C)C.Cl. The molecule has 0 radical (unpaired) electrons. The summed E-state index contributed by atoms with van der Waals surface area (Å²) in [6.45, 7) is 7.38. The van der Waals surface area contributed by atoms with E-state index in [1.54, 1.807) is 7.11 Å². The van der Waals surface area contributed by atoms with Crippen LogP contribution in [-0.2, 0) is 9.53 Å². The highest BCUT2D eigenvalue weighted by molar-refractivity contribution is 5.85. The third kappa shape index (κ3) is 5.25. The van der Waals surface area contributed by atoms with Gasteiger partial charge in [0, 0.05) is 19.8 Å². The van der Waals surface area contributed by atoms with Crippen molar-refractivity contribution < 1.29 is 19.0 Å². The van der Waals surface area contributed by atoms with Crippen LogP contribution in [0.5, 0.6) is 11.5 Å². The molecule has 1 saturated heterocycles. The van der Waals surface area contributed by atoms with Crippen molar-refractivity contribution in [2.24, 2.45) is 11.1 Å². The van der Waals surface area contributed by atoms with Crippen LogP contribution in [0.25, 0.3) is 0 Å². The molecule has 1 aliphatic rings. The number of carbonyl (C=O) groups is 1. The second-order valence-electron chi connectivity index (χ2n) is 6.87. The third-order valence-corrected chi connectivity index (χ3v) is 4.72. The molecule has 0 aromatic heterocycles. The van der Waals surface area contributed by atoms with Crippen LogP contribution in [0.15, 0.2) is 18.2 Å². The maximum atomic E-state index is 12.8. The minimum Gasteiger partial charge on any atom is -0.493 e. The summed E-state index contributed by atoms with van der Waals surface area (Å²) in [4.78, 5) is 12.8. The number of rotatable bonds is 7. The van der Waals surface area contributed by atoms with Crippen LogP contribution in [0.4, 0.5) is 0 Å². The molecule has 0 aliphatic carbocycles. The van der Waals surface area contributed by atoms with Gasteiger partial charge in [0.15, 0.2) is 11.5 Å². The van der Waals surface area contributed by atoms with Gasteiger partial charge >= 0.3 is 0 Å². The lowest BCUT2D eigenvalue weighted by Crippen LogP contribution is -2.49. The molecule has 1 fully saturated rings. The maximum Gasteiger partial charge on any atom is 0.228 e.